The summed E-state index contributed by atoms with van der Waals surface area (Å²) in [5.74, 6) is 0.0287. The number of halogens is 4. The molecule has 4 rings (SSSR count). The number of anilines is 1. The molecule has 0 atom stereocenters. The number of rotatable bonds is 5. The predicted molar refractivity (Wildman–Crippen MR) is 101 cm³/mol. The van der Waals surface area contributed by atoms with E-state index in [9.17, 15) is 18.0 Å². The maximum absolute atomic E-state index is 12.4. The summed E-state index contributed by atoms with van der Waals surface area (Å²) in [5.41, 5.74) is 0.179. The second-order valence-corrected chi connectivity index (χ2v) is 7.31. The Labute approximate surface area is 168 Å². The number of fused-ring (bicyclic) bond motifs is 1. The van der Waals surface area contributed by atoms with Crippen molar-refractivity contribution in [2.45, 2.75) is 31.0 Å². The Morgan fingerprint density at radius 3 is 2.79 bits per heavy atom. The zero-order valence-electron chi connectivity index (χ0n) is 15.0. The molecule has 3 heterocycles. The van der Waals surface area contributed by atoms with E-state index in [0.29, 0.717) is 40.7 Å². The fourth-order valence-corrected chi connectivity index (χ4v) is 3.41. The van der Waals surface area contributed by atoms with E-state index >= 15 is 0 Å². The monoisotopic (exact) mass is 424 g/mol. The average molecular weight is 425 g/mol. The van der Waals surface area contributed by atoms with Gasteiger partial charge < -0.3 is 15.6 Å². The normalized spacial score (nSPS) is 15.7. The van der Waals surface area contributed by atoms with E-state index in [2.05, 4.69) is 25.3 Å². The zero-order chi connectivity index (χ0) is 20.6. The first-order valence-corrected chi connectivity index (χ1v) is 9.23. The van der Waals surface area contributed by atoms with Crippen LogP contribution in [-0.2, 0) is 4.79 Å². The summed E-state index contributed by atoms with van der Waals surface area (Å²) in [7, 11) is 0. The number of alkyl halides is 3. The standard InChI is InChI=1S/C18H16ClF3N6O/c19-10-6-11-12(8-25-14(11)24-7-10)15-23-5-2-13(27-15)28-17(3-1-4-17)16(29)26-9-18(20,21)22/h2,5-8H,1,3-4,9H2,(H,24,25)(H,26,29)(H,23,27,28). The summed E-state index contributed by atoms with van der Waals surface area (Å²) in [6.07, 6.45) is 1.84. The molecule has 0 saturated heterocycles. The Hall–Kier alpha value is -2.88. The third-order valence-corrected chi connectivity index (χ3v) is 5.06. The van der Waals surface area contributed by atoms with Crippen molar-refractivity contribution >= 4 is 34.4 Å². The van der Waals surface area contributed by atoms with Gasteiger partial charge in [0.1, 0.15) is 23.5 Å². The molecule has 1 aliphatic rings. The van der Waals surface area contributed by atoms with Gasteiger partial charge in [0.25, 0.3) is 0 Å². The van der Waals surface area contributed by atoms with Crippen molar-refractivity contribution in [3.8, 4) is 11.4 Å². The van der Waals surface area contributed by atoms with Crippen molar-refractivity contribution in [2.75, 3.05) is 11.9 Å². The number of pyridine rings is 1. The van der Waals surface area contributed by atoms with Crippen LogP contribution in [0.1, 0.15) is 19.3 Å². The van der Waals surface area contributed by atoms with Crippen LogP contribution in [0, 0.1) is 0 Å². The molecular weight excluding hydrogens is 409 g/mol. The van der Waals surface area contributed by atoms with Gasteiger partial charge in [0, 0.05) is 29.5 Å². The molecule has 1 amide bonds. The number of nitrogens with one attached hydrogen (secondary N) is 3. The molecule has 0 aliphatic heterocycles. The second kappa shape index (κ2) is 7.18. The van der Waals surface area contributed by atoms with Gasteiger partial charge in [0.15, 0.2) is 5.82 Å². The summed E-state index contributed by atoms with van der Waals surface area (Å²) < 4.78 is 37.3. The van der Waals surface area contributed by atoms with Gasteiger partial charge in [-0.3, -0.25) is 4.79 Å². The van der Waals surface area contributed by atoms with Crippen LogP contribution in [0.4, 0.5) is 19.0 Å². The van der Waals surface area contributed by atoms with Gasteiger partial charge in [-0.25, -0.2) is 15.0 Å². The molecule has 0 radical (unpaired) electrons. The maximum Gasteiger partial charge on any atom is 0.405 e. The van der Waals surface area contributed by atoms with Crippen molar-refractivity contribution in [1.29, 1.82) is 0 Å². The summed E-state index contributed by atoms with van der Waals surface area (Å²) in [6, 6.07) is 3.30. The van der Waals surface area contributed by atoms with E-state index in [1.54, 1.807) is 18.3 Å². The van der Waals surface area contributed by atoms with Crippen molar-refractivity contribution in [3.05, 3.63) is 35.7 Å². The summed E-state index contributed by atoms with van der Waals surface area (Å²) in [4.78, 5) is 28.3. The van der Waals surface area contributed by atoms with Gasteiger partial charge in [-0.05, 0) is 31.4 Å². The minimum atomic E-state index is -4.46. The number of carbonyl (C=O) groups is 1. The lowest BCUT2D eigenvalue weighted by Crippen LogP contribution is -2.58. The molecule has 3 aromatic rings. The first kappa shape index (κ1) is 19.4. The lowest BCUT2D eigenvalue weighted by atomic mass is 9.76. The van der Waals surface area contributed by atoms with Gasteiger partial charge in [-0.15, -0.1) is 0 Å². The smallest absolute Gasteiger partial charge is 0.356 e. The Morgan fingerprint density at radius 2 is 2.10 bits per heavy atom. The predicted octanol–water partition coefficient (Wildman–Crippen LogP) is 3.69. The number of hydrogen-bond acceptors (Lipinski definition) is 5. The SMILES string of the molecule is O=C(NCC(F)(F)F)C1(Nc2ccnc(-c3c[nH]c4ncc(Cl)cc34)n2)CCC1. The van der Waals surface area contributed by atoms with Gasteiger partial charge >= 0.3 is 6.18 Å². The third kappa shape index (κ3) is 3.98. The van der Waals surface area contributed by atoms with Crippen LogP contribution in [0.2, 0.25) is 5.02 Å². The van der Waals surface area contributed by atoms with E-state index < -0.39 is 24.2 Å². The molecule has 1 fully saturated rings. The highest BCUT2D eigenvalue weighted by Crippen LogP contribution is 2.36. The average Bonchev–Trinajstić information content (AvgIpc) is 3.05. The first-order valence-electron chi connectivity index (χ1n) is 8.85. The summed E-state index contributed by atoms with van der Waals surface area (Å²) >= 11 is 6.02. The number of aromatic nitrogens is 4. The second-order valence-electron chi connectivity index (χ2n) is 6.88. The van der Waals surface area contributed by atoms with Gasteiger partial charge in [0.2, 0.25) is 5.91 Å². The minimum Gasteiger partial charge on any atom is -0.356 e. The van der Waals surface area contributed by atoms with Crippen LogP contribution in [0.25, 0.3) is 22.4 Å². The number of H-pyrrole nitrogens is 1. The molecule has 29 heavy (non-hydrogen) atoms. The fourth-order valence-electron chi connectivity index (χ4n) is 3.25. The van der Waals surface area contributed by atoms with Crippen molar-refractivity contribution in [1.82, 2.24) is 25.3 Å². The number of amides is 1. The van der Waals surface area contributed by atoms with Gasteiger partial charge in [-0.1, -0.05) is 11.6 Å². The molecule has 7 nitrogen and oxygen atoms in total. The van der Waals surface area contributed by atoms with Crippen LogP contribution in [-0.4, -0.2) is 44.1 Å². The molecule has 0 bridgehead atoms. The number of carbonyl (C=O) groups excluding carboxylic acids is 1. The number of hydrogen-bond donors (Lipinski definition) is 3. The highest BCUT2D eigenvalue weighted by molar-refractivity contribution is 6.31. The molecule has 3 aromatic heterocycles. The van der Waals surface area contributed by atoms with Crippen molar-refractivity contribution in [3.63, 3.8) is 0 Å². The molecule has 152 valence electrons. The fraction of sp³-hybridized carbons (Fsp3) is 0.333. The lowest BCUT2D eigenvalue weighted by Gasteiger charge is -2.41. The maximum atomic E-state index is 12.4. The Bertz CT molecular complexity index is 1060. The first-order chi connectivity index (χ1) is 13.8. The van der Waals surface area contributed by atoms with Crippen molar-refractivity contribution in [2.24, 2.45) is 0 Å². The van der Waals surface area contributed by atoms with Crippen LogP contribution < -0.4 is 10.6 Å². The summed E-state index contributed by atoms with van der Waals surface area (Å²) in [6.45, 7) is -1.37. The Morgan fingerprint density at radius 1 is 1.31 bits per heavy atom. The third-order valence-electron chi connectivity index (χ3n) is 4.85. The zero-order valence-corrected chi connectivity index (χ0v) is 15.7. The van der Waals surface area contributed by atoms with Gasteiger partial charge in [0.05, 0.1) is 5.02 Å². The molecule has 3 N–H and O–H groups in total. The van der Waals surface area contributed by atoms with E-state index in [4.69, 9.17) is 11.6 Å². The van der Waals surface area contributed by atoms with Crippen LogP contribution in [0.15, 0.2) is 30.7 Å². The molecule has 11 heteroatoms. The highest BCUT2D eigenvalue weighted by Gasteiger charge is 2.45. The largest absolute Gasteiger partial charge is 0.405 e. The van der Waals surface area contributed by atoms with E-state index in [1.165, 1.54) is 12.4 Å². The van der Waals surface area contributed by atoms with Crippen molar-refractivity contribution < 1.29 is 18.0 Å². The van der Waals surface area contributed by atoms with Crippen LogP contribution in [0.3, 0.4) is 0 Å². The number of nitrogens with zero attached hydrogens (tertiary/aromatic N) is 3. The molecule has 1 aliphatic carbocycles. The van der Waals surface area contributed by atoms with E-state index in [0.717, 1.165) is 11.8 Å². The Kier molecular flexibility index (Phi) is 4.81. The molecular formula is C18H16ClF3N6O. The Balaban J connectivity index is 1.58. The number of aromatic amines is 1. The molecule has 0 spiro atoms. The summed E-state index contributed by atoms with van der Waals surface area (Å²) in [5, 5.41) is 6.16. The van der Waals surface area contributed by atoms with E-state index in [-0.39, 0.29) is 0 Å². The molecule has 0 aromatic carbocycles. The van der Waals surface area contributed by atoms with E-state index in [1.807, 2.05) is 5.32 Å². The topological polar surface area (TPSA) is 95.6 Å². The highest BCUT2D eigenvalue weighted by atomic mass is 35.5. The van der Waals surface area contributed by atoms with Gasteiger partial charge in [-0.2, -0.15) is 13.2 Å². The minimum absolute atomic E-state index is 0.348. The van der Waals surface area contributed by atoms with Crippen LogP contribution in [0.5, 0.6) is 0 Å². The lowest BCUT2D eigenvalue weighted by molar-refractivity contribution is -0.142. The molecule has 0 unspecified atom stereocenters. The molecule has 1 saturated carbocycles. The van der Waals surface area contributed by atoms with Crippen LogP contribution >= 0.6 is 11.6 Å². The quantitative estimate of drug-likeness (QED) is 0.580.